The summed E-state index contributed by atoms with van der Waals surface area (Å²) >= 11 is 0. The Morgan fingerprint density at radius 3 is 2.86 bits per heavy atom. The molecule has 4 nitrogen and oxygen atoms in total. The lowest BCUT2D eigenvalue weighted by molar-refractivity contribution is -0.181. The van der Waals surface area contributed by atoms with Gasteiger partial charge in [-0.1, -0.05) is 32.4 Å². The highest BCUT2D eigenvalue weighted by molar-refractivity contribution is 5.72. The maximum Gasteiger partial charge on any atom is 0.363 e. The molecule has 1 N–H and O–H groups in total. The van der Waals surface area contributed by atoms with E-state index in [1.165, 1.54) is 6.08 Å². The molecule has 4 heteroatoms. The van der Waals surface area contributed by atoms with E-state index in [9.17, 15) is 4.79 Å². The number of ether oxygens (including phenoxy) is 2. The zero-order valence-electron chi connectivity index (χ0n) is 8.57. The molecule has 0 rings (SSSR count). The molecule has 0 aromatic heterocycles. The van der Waals surface area contributed by atoms with Crippen LogP contribution in [-0.4, -0.2) is 30.6 Å². The molecule has 0 aromatic rings. The predicted molar refractivity (Wildman–Crippen MR) is 52.6 cm³/mol. The van der Waals surface area contributed by atoms with Gasteiger partial charge >= 0.3 is 5.97 Å². The largest absolute Gasteiger partial charge is 0.458 e. The number of hydrogen-bond acceptors (Lipinski definition) is 4. The zero-order valence-corrected chi connectivity index (χ0v) is 8.57. The number of aliphatic hydroxyl groups is 1. The van der Waals surface area contributed by atoms with Crippen LogP contribution in [0.25, 0.3) is 0 Å². The number of carbonyl (C=O) groups excluding carboxylic acids is 1. The monoisotopic (exact) mass is 202 g/mol. The molecule has 0 heterocycles. The summed E-state index contributed by atoms with van der Waals surface area (Å²) in [7, 11) is 0. The van der Waals surface area contributed by atoms with E-state index in [1.807, 2.05) is 0 Å². The quantitative estimate of drug-likeness (QED) is 0.278. The number of carbonyl (C=O) groups is 1. The van der Waals surface area contributed by atoms with E-state index in [0.29, 0.717) is 6.61 Å². The molecule has 14 heavy (non-hydrogen) atoms. The molecule has 0 aliphatic carbocycles. The predicted octanol–water partition coefficient (Wildman–Crippen LogP) is 1.24. The second-order valence-corrected chi connectivity index (χ2v) is 2.85. The summed E-state index contributed by atoms with van der Waals surface area (Å²) in [5.74, 6) is -0.763. The Bertz CT molecular complexity index is 168. The van der Waals surface area contributed by atoms with Gasteiger partial charge in [-0.2, -0.15) is 0 Å². The van der Waals surface area contributed by atoms with Crippen LogP contribution in [0.2, 0.25) is 0 Å². The summed E-state index contributed by atoms with van der Waals surface area (Å²) in [4.78, 5) is 10.9. The first kappa shape index (κ1) is 13.1. The lowest BCUT2D eigenvalue weighted by Gasteiger charge is -2.10. The van der Waals surface area contributed by atoms with Gasteiger partial charge in [0.1, 0.15) is 6.61 Å². The van der Waals surface area contributed by atoms with Crippen LogP contribution in [0.5, 0.6) is 0 Å². The number of aliphatic hydroxyl groups excluding tert-OH is 1. The van der Waals surface area contributed by atoms with Crippen molar-refractivity contribution in [3.63, 3.8) is 0 Å². The van der Waals surface area contributed by atoms with Gasteiger partial charge in [-0.05, 0) is 6.42 Å². The molecular weight excluding hydrogens is 184 g/mol. The summed E-state index contributed by atoms with van der Waals surface area (Å²) in [5, 5.41) is 9.11. The lowest BCUT2D eigenvalue weighted by Crippen LogP contribution is -2.26. The molecule has 0 radical (unpaired) electrons. The summed E-state index contributed by atoms with van der Waals surface area (Å²) in [6, 6.07) is 0. The van der Waals surface area contributed by atoms with Crippen LogP contribution in [0.3, 0.4) is 0 Å². The average molecular weight is 202 g/mol. The molecule has 1 atom stereocenters. The number of rotatable bonds is 8. The van der Waals surface area contributed by atoms with E-state index >= 15 is 0 Å². The van der Waals surface area contributed by atoms with Crippen LogP contribution >= 0.6 is 0 Å². The zero-order chi connectivity index (χ0) is 10.8. The van der Waals surface area contributed by atoms with Crippen molar-refractivity contribution >= 4 is 5.97 Å². The van der Waals surface area contributed by atoms with Crippen molar-refractivity contribution in [2.75, 3.05) is 13.2 Å². The van der Waals surface area contributed by atoms with Crippen LogP contribution in [0, 0.1) is 0 Å². The van der Waals surface area contributed by atoms with Gasteiger partial charge in [0.2, 0.25) is 0 Å². The topological polar surface area (TPSA) is 55.8 Å². The molecule has 0 aromatic carbocycles. The van der Waals surface area contributed by atoms with Crippen molar-refractivity contribution in [1.82, 2.24) is 0 Å². The van der Waals surface area contributed by atoms with E-state index < -0.39 is 12.3 Å². The Labute approximate surface area is 84.5 Å². The molecule has 0 amide bonds. The second kappa shape index (κ2) is 8.72. The van der Waals surface area contributed by atoms with Crippen molar-refractivity contribution < 1.29 is 19.4 Å². The van der Waals surface area contributed by atoms with Crippen molar-refractivity contribution in [2.24, 2.45) is 0 Å². The minimum atomic E-state index is -1.47. The van der Waals surface area contributed by atoms with Crippen LogP contribution in [0.15, 0.2) is 12.7 Å². The van der Waals surface area contributed by atoms with E-state index in [-0.39, 0.29) is 6.61 Å². The van der Waals surface area contributed by atoms with Crippen molar-refractivity contribution in [2.45, 2.75) is 32.5 Å². The maximum absolute atomic E-state index is 10.9. The third kappa shape index (κ3) is 6.62. The smallest absolute Gasteiger partial charge is 0.363 e. The fourth-order valence-electron chi connectivity index (χ4n) is 0.827. The molecule has 0 bridgehead atoms. The van der Waals surface area contributed by atoms with Gasteiger partial charge < -0.3 is 14.6 Å². The normalized spacial score (nSPS) is 12.1. The van der Waals surface area contributed by atoms with Crippen molar-refractivity contribution in [3.05, 3.63) is 12.7 Å². The van der Waals surface area contributed by atoms with Crippen LogP contribution in [0.4, 0.5) is 0 Å². The molecule has 0 spiro atoms. The Morgan fingerprint density at radius 2 is 2.29 bits per heavy atom. The fraction of sp³-hybridized carbons (Fsp3) is 0.700. The van der Waals surface area contributed by atoms with Gasteiger partial charge in [0.05, 0.1) is 6.61 Å². The Balaban J connectivity index is 3.46. The molecule has 1 unspecified atom stereocenters. The Morgan fingerprint density at radius 1 is 1.57 bits per heavy atom. The number of esters is 1. The molecule has 0 saturated carbocycles. The molecular formula is C10H18O4. The summed E-state index contributed by atoms with van der Waals surface area (Å²) in [5.41, 5.74) is 0. The molecule has 0 aliphatic heterocycles. The van der Waals surface area contributed by atoms with E-state index in [4.69, 9.17) is 9.84 Å². The number of hydrogen-bond donors (Lipinski definition) is 1. The third-order valence-corrected chi connectivity index (χ3v) is 1.57. The van der Waals surface area contributed by atoms with E-state index in [1.54, 1.807) is 0 Å². The second-order valence-electron chi connectivity index (χ2n) is 2.85. The highest BCUT2D eigenvalue weighted by Crippen LogP contribution is 1.98. The molecule has 82 valence electrons. The fourth-order valence-corrected chi connectivity index (χ4v) is 0.827. The first-order valence-electron chi connectivity index (χ1n) is 4.79. The third-order valence-electron chi connectivity index (χ3n) is 1.57. The number of unbranched alkanes of at least 4 members (excludes halogenated alkanes) is 2. The summed E-state index contributed by atoms with van der Waals surface area (Å²) < 4.78 is 9.43. The minimum Gasteiger partial charge on any atom is -0.458 e. The first-order chi connectivity index (χ1) is 6.72. The average Bonchev–Trinajstić information content (AvgIpc) is 2.20. The van der Waals surface area contributed by atoms with Crippen molar-refractivity contribution in [3.8, 4) is 0 Å². The summed E-state index contributed by atoms with van der Waals surface area (Å²) in [6.07, 6.45) is 2.89. The minimum absolute atomic E-state index is 0.0915. The maximum atomic E-state index is 10.9. The molecule has 0 saturated heterocycles. The van der Waals surface area contributed by atoms with E-state index in [0.717, 1.165) is 19.3 Å². The highest BCUT2D eigenvalue weighted by Gasteiger charge is 2.15. The van der Waals surface area contributed by atoms with Gasteiger partial charge in [0, 0.05) is 0 Å². The van der Waals surface area contributed by atoms with Crippen LogP contribution < -0.4 is 0 Å². The lowest BCUT2D eigenvalue weighted by atomic mass is 10.3. The van der Waals surface area contributed by atoms with E-state index in [2.05, 4.69) is 18.2 Å². The molecule has 0 aliphatic rings. The Hall–Kier alpha value is -0.870. The molecule has 0 fully saturated rings. The van der Waals surface area contributed by atoms with Crippen molar-refractivity contribution in [1.29, 1.82) is 0 Å². The first-order valence-corrected chi connectivity index (χ1v) is 4.79. The van der Waals surface area contributed by atoms with Gasteiger partial charge in [-0.3, -0.25) is 0 Å². The standard InChI is InChI=1S/C10H18O4/c1-3-5-6-8-14-10(12)9(11)13-7-4-2/h4,10,12H,2-3,5-8H2,1H3. The summed E-state index contributed by atoms with van der Waals surface area (Å²) in [6.45, 7) is 5.91. The van der Waals surface area contributed by atoms with Gasteiger partial charge in [-0.25, -0.2) is 4.79 Å². The van der Waals surface area contributed by atoms with Crippen LogP contribution in [0.1, 0.15) is 26.2 Å². The van der Waals surface area contributed by atoms with Gasteiger partial charge in [0.25, 0.3) is 6.29 Å². The van der Waals surface area contributed by atoms with Gasteiger partial charge in [0.15, 0.2) is 0 Å². The van der Waals surface area contributed by atoms with Gasteiger partial charge in [-0.15, -0.1) is 0 Å². The van der Waals surface area contributed by atoms with Crippen LogP contribution in [-0.2, 0) is 14.3 Å². The Kier molecular flexibility index (Phi) is 8.17. The highest BCUT2D eigenvalue weighted by atomic mass is 16.6. The SMILES string of the molecule is C=CCOC(=O)C(O)OCCCCC.